The van der Waals surface area contributed by atoms with Crippen LogP contribution >= 0.6 is 0 Å². The molecule has 0 saturated heterocycles. The Hall–Kier alpha value is -2.88. The van der Waals surface area contributed by atoms with Crippen molar-refractivity contribution in [2.24, 2.45) is 0 Å². The van der Waals surface area contributed by atoms with Gasteiger partial charge in [-0.2, -0.15) is 0 Å². The SMILES string of the molecule is CCCc1ccc(OC)c(-c2cc(F)c(-c3cccc(=O)n3CCC)cc2CCC)c1. The highest BCUT2D eigenvalue weighted by Gasteiger charge is 2.18. The number of halogens is 1. The lowest BCUT2D eigenvalue weighted by atomic mass is 9.91. The van der Waals surface area contributed by atoms with E-state index >= 15 is 4.39 Å². The fourth-order valence-corrected chi connectivity index (χ4v) is 4.16. The van der Waals surface area contributed by atoms with E-state index in [-0.39, 0.29) is 11.4 Å². The molecule has 0 aliphatic heterocycles. The zero-order valence-electron chi connectivity index (χ0n) is 19.0. The van der Waals surface area contributed by atoms with Crippen LogP contribution in [-0.2, 0) is 19.4 Å². The molecule has 0 unspecified atom stereocenters. The van der Waals surface area contributed by atoms with Crippen molar-refractivity contribution in [2.75, 3.05) is 7.11 Å². The molecule has 3 nitrogen and oxygen atoms in total. The molecule has 164 valence electrons. The van der Waals surface area contributed by atoms with Gasteiger partial charge >= 0.3 is 0 Å². The smallest absolute Gasteiger partial charge is 0.250 e. The molecule has 0 atom stereocenters. The quantitative estimate of drug-likeness (QED) is 0.387. The van der Waals surface area contributed by atoms with Crippen molar-refractivity contribution in [3.05, 3.63) is 75.8 Å². The first-order chi connectivity index (χ1) is 15.0. The number of ether oxygens (including phenoxy) is 1. The molecule has 1 heterocycles. The highest BCUT2D eigenvalue weighted by atomic mass is 19.1. The van der Waals surface area contributed by atoms with Crippen LogP contribution in [0.25, 0.3) is 22.4 Å². The average Bonchev–Trinajstić information content (AvgIpc) is 2.77. The van der Waals surface area contributed by atoms with Crippen LogP contribution in [0.4, 0.5) is 4.39 Å². The Morgan fingerprint density at radius 1 is 0.871 bits per heavy atom. The molecule has 3 rings (SSSR count). The highest BCUT2D eigenvalue weighted by molar-refractivity contribution is 5.77. The van der Waals surface area contributed by atoms with E-state index in [4.69, 9.17) is 4.74 Å². The van der Waals surface area contributed by atoms with E-state index in [9.17, 15) is 4.79 Å². The first-order valence-corrected chi connectivity index (χ1v) is 11.2. The van der Waals surface area contributed by atoms with Crippen molar-refractivity contribution in [1.29, 1.82) is 0 Å². The summed E-state index contributed by atoms with van der Waals surface area (Å²) in [4.78, 5) is 12.4. The lowest BCUT2D eigenvalue weighted by Gasteiger charge is -2.18. The number of pyridine rings is 1. The summed E-state index contributed by atoms with van der Waals surface area (Å²) >= 11 is 0. The maximum Gasteiger partial charge on any atom is 0.250 e. The normalized spacial score (nSPS) is 11.0. The van der Waals surface area contributed by atoms with Crippen LogP contribution < -0.4 is 10.3 Å². The number of hydrogen-bond donors (Lipinski definition) is 0. The second-order valence-electron chi connectivity index (χ2n) is 7.92. The van der Waals surface area contributed by atoms with Gasteiger partial charge in [0.1, 0.15) is 11.6 Å². The Labute approximate surface area is 184 Å². The van der Waals surface area contributed by atoms with Gasteiger partial charge in [-0.3, -0.25) is 4.79 Å². The standard InChI is InChI=1S/C27H32FNO2/c1-5-9-19-13-14-26(31-4)22(16-19)21-18-24(28)23(17-20(21)10-6-2)25-11-8-12-27(30)29(25)15-7-3/h8,11-14,16-18H,5-7,9-10,15H2,1-4H3. The summed E-state index contributed by atoms with van der Waals surface area (Å²) in [5.41, 5.74) is 5.05. The number of methoxy groups -OCH3 is 1. The molecule has 0 fully saturated rings. The Morgan fingerprint density at radius 3 is 2.32 bits per heavy atom. The van der Waals surface area contributed by atoms with Crippen molar-refractivity contribution in [2.45, 2.75) is 59.4 Å². The lowest BCUT2D eigenvalue weighted by molar-refractivity contribution is 0.416. The van der Waals surface area contributed by atoms with Crippen molar-refractivity contribution in [1.82, 2.24) is 4.57 Å². The molecule has 0 amide bonds. The molecule has 0 N–H and O–H groups in total. The zero-order chi connectivity index (χ0) is 22.4. The van der Waals surface area contributed by atoms with Crippen LogP contribution in [0.2, 0.25) is 0 Å². The number of aryl methyl sites for hydroxylation is 2. The summed E-state index contributed by atoms with van der Waals surface area (Å²) in [5.74, 6) is 0.417. The van der Waals surface area contributed by atoms with E-state index < -0.39 is 0 Å². The predicted molar refractivity (Wildman–Crippen MR) is 126 cm³/mol. The number of rotatable bonds is 9. The molecule has 31 heavy (non-hydrogen) atoms. The highest BCUT2D eigenvalue weighted by Crippen LogP contribution is 2.37. The van der Waals surface area contributed by atoms with Gasteiger partial charge in [-0.1, -0.05) is 45.7 Å². The molecular weight excluding hydrogens is 389 g/mol. The number of hydrogen-bond acceptors (Lipinski definition) is 2. The molecule has 0 saturated carbocycles. The maximum absolute atomic E-state index is 15.5. The van der Waals surface area contributed by atoms with Gasteiger partial charge in [0.15, 0.2) is 0 Å². The minimum Gasteiger partial charge on any atom is -0.496 e. The van der Waals surface area contributed by atoms with Crippen molar-refractivity contribution >= 4 is 0 Å². The van der Waals surface area contributed by atoms with Gasteiger partial charge in [-0.25, -0.2) is 4.39 Å². The van der Waals surface area contributed by atoms with E-state index in [1.807, 2.05) is 25.1 Å². The van der Waals surface area contributed by atoms with Gasteiger partial charge in [0.25, 0.3) is 5.56 Å². The average molecular weight is 422 g/mol. The first kappa shape index (κ1) is 22.8. The Bertz CT molecular complexity index is 1100. The first-order valence-electron chi connectivity index (χ1n) is 11.2. The molecule has 0 aliphatic carbocycles. The van der Waals surface area contributed by atoms with Crippen LogP contribution in [0, 0.1) is 5.82 Å². The Kier molecular flexibility index (Phi) is 7.67. The third-order valence-electron chi connectivity index (χ3n) is 5.58. The van der Waals surface area contributed by atoms with Gasteiger partial charge in [0.2, 0.25) is 0 Å². The minimum atomic E-state index is -0.326. The monoisotopic (exact) mass is 421 g/mol. The topological polar surface area (TPSA) is 31.2 Å². The number of aromatic nitrogens is 1. The van der Waals surface area contributed by atoms with Crippen LogP contribution in [0.15, 0.2) is 53.3 Å². The fourth-order valence-electron chi connectivity index (χ4n) is 4.16. The molecule has 0 radical (unpaired) electrons. The maximum atomic E-state index is 15.5. The minimum absolute atomic E-state index is 0.103. The summed E-state index contributed by atoms with van der Waals surface area (Å²) in [6.07, 6.45) is 4.57. The van der Waals surface area contributed by atoms with Gasteiger partial charge < -0.3 is 9.30 Å². The third kappa shape index (κ3) is 4.90. The summed E-state index contributed by atoms with van der Waals surface area (Å²) in [5, 5.41) is 0. The van der Waals surface area contributed by atoms with Crippen LogP contribution in [0.3, 0.4) is 0 Å². The predicted octanol–water partition coefficient (Wildman–Crippen LogP) is 6.65. The molecule has 4 heteroatoms. The van der Waals surface area contributed by atoms with Crippen molar-refractivity contribution < 1.29 is 9.13 Å². The second kappa shape index (κ2) is 10.4. The second-order valence-corrected chi connectivity index (χ2v) is 7.92. The third-order valence-corrected chi connectivity index (χ3v) is 5.58. The largest absolute Gasteiger partial charge is 0.496 e. The van der Waals surface area contributed by atoms with Crippen LogP contribution in [0.5, 0.6) is 5.75 Å². The van der Waals surface area contributed by atoms with E-state index in [0.717, 1.165) is 54.5 Å². The van der Waals surface area contributed by atoms with Crippen molar-refractivity contribution in [3.8, 4) is 28.1 Å². The van der Waals surface area contributed by atoms with Crippen LogP contribution in [0.1, 0.15) is 51.2 Å². The molecule has 3 aromatic rings. The van der Waals surface area contributed by atoms with Gasteiger partial charge in [-0.15, -0.1) is 0 Å². The molecule has 0 spiro atoms. The zero-order valence-corrected chi connectivity index (χ0v) is 19.0. The van der Waals surface area contributed by atoms with Gasteiger partial charge in [0.05, 0.1) is 12.8 Å². The van der Waals surface area contributed by atoms with Gasteiger partial charge in [0, 0.05) is 23.7 Å². The molecule has 1 aromatic heterocycles. The van der Waals surface area contributed by atoms with E-state index in [1.54, 1.807) is 23.8 Å². The summed E-state index contributed by atoms with van der Waals surface area (Å²) in [7, 11) is 1.65. The Morgan fingerprint density at radius 2 is 1.65 bits per heavy atom. The number of nitrogens with zero attached hydrogens (tertiary/aromatic N) is 1. The van der Waals surface area contributed by atoms with E-state index in [2.05, 4.69) is 26.0 Å². The van der Waals surface area contributed by atoms with Crippen molar-refractivity contribution in [3.63, 3.8) is 0 Å². The molecular formula is C27H32FNO2. The Balaban J connectivity index is 2.23. The van der Waals surface area contributed by atoms with E-state index in [1.165, 1.54) is 11.6 Å². The number of benzene rings is 2. The fraction of sp³-hybridized carbons (Fsp3) is 0.370. The van der Waals surface area contributed by atoms with Gasteiger partial charge in [-0.05, 0) is 66.3 Å². The van der Waals surface area contributed by atoms with E-state index in [0.29, 0.717) is 17.8 Å². The summed E-state index contributed by atoms with van der Waals surface area (Å²) in [6, 6.07) is 14.7. The summed E-state index contributed by atoms with van der Waals surface area (Å²) < 4.78 is 22.8. The molecule has 2 aromatic carbocycles. The lowest BCUT2D eigenvalue weighted by Crippen LogP contribution is -2.20. The molecule has 0 bridgehead atoms. The van der Waals surface area contributed by atoms with Crippen LogP contribution in [-0.4, -0.2) is 11.7 Å². The molecule has 0 aliphatic rings. The summed E-state index contributed by atoms with van der Waals surface area (Å²) in [6.45, 7) is 6.84.